The van der Waals surface area contributed by atoms with Gasteiger partial charge in [-0.2, -0.15) is 22.0 Å². The van der Waals surface area contributed by atoms with Crippen LogP contribution in [0.1, 0.15) is 10.4 Å². The Bertz CT molecular complexity index is 1090. The van der Waals surface area contributed by atoms with Gasteiger partial charge in [0.05, 0.1) is 5.69 Å². The summed E-state index contributed by atoms with van der Waals surface area (Å²) >= 11 is -0.859. The Morgan fingerprint density at radius 3 is 1.88 bits per heavy atom. The van der Waals surface area contributed by atoms with Crippen molar-refractivity contribution < 1.29 is 49.5 Å². The normalized spacial score (nSPS) is 11.8. The molecule has 33 heavy (non-hydrogen) atoms. The highest BCUT2D eigenvalue weighted by atomic mass is 32.2. The molecule has 0 aliphatic heterocycles. The smallest absolute Gasteiger partial charge is 0.294 e. The summed E-state index contributed by atoms with van der Waals surface area (Å²) in [5.41, 5.74) is -1.66. The number of alkyl halides is 5. The molecule has 0 bridgehead atoms. The fourth-order valence-electron chi connectivity index (χ4n) is 2.47. The molecule has 0 saturated heterocycles. The van der Waals surface area contributed by atoms with E-state index >= 15 is 0 Å². The zero-order valence-corrected chi connectivity index (χ0v) is 17.3. The van der Waals surface area contributed by atoms with E-state index in [4.69, 9.17) is 0 Å². The lowest BCUT2D eigenvalue weighted by Gasteiger charge is -2.24. The van der Waals surface area contributed by atoms with Crippen LogP contribution in [0.25, 0.3) is 0 Å². The monoisotopic (exact) mass is 500 g/mol. The molecule has 0 aromatic heterocycles. The molecular formula is C19H12F8N2O3S. The minimum atomic E-state index is -5.82. The lowest BCUT2D eigenvalue weighted by atomic mass is 10.1. The number of ketones is 1. The summed E-state index contributed by atoms with van der Waals surface area (Å²) in [6.07, 6.45) is -5.82. The van der Waals surface area contributed by atoms with Crippen LogP contribution < -0.4 is 4.90 Å². The second kappa shape index (κ2) is 9.37. The molecular weight excluding hydrogens is 488 g/mol. The van der Waals surface area contributed by atoms with E-state index in [1.165, 1.54) is 0 Å². The van der Waals surface area contributed by atoms with Gasteiger partial charge in [-0.15, -0.1) is 0 Å². The van der Waals surface area contributed by atoms with Gasteiger partial charge in [-0.25, -0.2) is 18.0 Å². The second-order valence-corrected chi connectivity index (χ2v) is 7.55. The minimum absolute atomic E-state index is 0.264. The lowest BCUT2D eigenvalue weighted by molar-refractivity contribution is -0.185. The highest BCUT2D eigenvalue weighted by Gasteiger charge is 2.55. The number of halogens is 8. The summed E-state index contributed by atoms with van der Waals surface area (Å²) in [6.45, 7) is 0. The molecule has 0 aliphatic rings. The Hall–Kier alpha value is -3.16. The molecule has 178 valence electrons. The molecule has 2 aromatic rings. The van der Waals surface area contributed by atoms with Crippen molar-refractivity contribution in [3.05, 3.63) is 59.4 Å². The van der Waals surface area contributed by atoms with Crippen molar-refractivity contribution in [1.29, 1.82) is 0 Å². The SMILES string of the molecule is CN(C(=O)c1c(F)cccc1F)C(=O)N(C)c1ccc(SC(F)(F)C(=O)C(F)(F)F)cc1F. The van der Waals surface area contributed by atoms with Gasteiger partial charge in [0.15, 0.2) is 0 Å². The zero-order valence-electron chi connectivity index (χ0n) is 16.5. The lowest BCUT2D eigenvalue weighted by Crippen LogP contribution is -2.43. The van der Waals surface area contributed by atoms with E-state index in [2.05, 4.69) is 0 Å². The van der Waals surface area contributed by atoms with Gasteiger partial charge in [-0.3, -0.25) is 19.4 Å². The van der Waals surface area contributed by atoms with Crippen LogP contribution in [0.2, 0.25) is 0 Å². The summed E-state index contributed by atoms with van der Waals surface area (Å²) in [5, 5.41) is -4.94. The van der Waals surface area contributed by atoms with Crippen molar-refractivity contribution in [3.63, 3.8) is 0 Å². The first-order valence-electron chi connectivity index (χ1n) is 8.55. The first-order chi connectivity index (χ1) is 15.1. The molecule has 3 amide bonds. The maximum atomic E-state index is 14.4. The van der Waals surface area contributed by atoms with Crippen LogP contribution in [-0.4, -0.2) is 48.1 Å². The van der Waals surface area contributed by atoms with Crippen molar-refractivity contribution in [2.75, 3.05) is 19.0 Å². The number of benzene rings is 2. The number of urea groups is 1. The number of nitrogens with zero attached hydrogens (tertiary/aromatic N) is 2. The van der Waals surface area contributed by atoms with Gasteiger partial charge in [-0.05, 0) is 42.1 Å². The third-order valence-electron chi connectivity index (χ3n) is 4.10. The fourth-order valence-corrected chi connectivity index (χ4v) is 3.27. The van der Waals surface area contributed by atoms with Crippen molar-refractivity contribution in [2.45, 2.75) is 16.3 Å². The van der Waals surface area contributed by atoms with E-state index in [0.717, 1.165) is 38.4 Å². The summed E-state index contributed by atoms with van der Waals surface area (Å²) in [7, 11) is 1.79. The van der Waals surface area contributed by atoms with Crippen LogP contribution in [-0.2, 0) is 4.79 Å². The summed E-state index contributed by atoms with van der Waals surface area (Å²) < 4.78 is 106. The Kier molecular flexibility index (Phi) is 7.41. The van der Waals surface area contributed by atoms with Gasteiger partial charge in [-0.1, -0.05) is 6.07 Å². The average molecular weight is 500 g/mol. The van der Waals surface area contributed by atoms with E-state index in [0.29, 0.717) is 17.0 Å². The molecule has 0 unspecified atom stereocenters. The maximum absolute atomic E-state index is 14.4. The quantitative estimate of drug-likeness (QED) is 0.416. The van der Waals surface area contributed by atoms with Crippen molar-refractivity contribution >= 4 is 35.2 Å². The number of carbonyl (C=O) groups excluding carboxylic acids is 3. The van der Waals surface area contributed by atoms with E-state index in [1.807, 2.05) is 0 Å². The third kappa shape index (κ3) is 5.61. The molecule has 0 spiro atoms. The standard InChI is InChI=1S/C19H12F8N2O3S/c1-28(17(32)29(2)15(30)14-10(20)4-3-5-11(14)21)13-7-6-9(8-12(13)22)33-19(26,27)16(31)18(23,24)25/h3-8H,1-2H3. The van der Waals surface area contributed by atoms with E-state index < -0.39 is 74.5 Å². The first kappa shape index (κ1) is 26.1. The van der Waals surface area contributed by atoms with Crippen LogP contribution in [0.5, 0.6) is 0 Å². The molecule has 2 aromatic carbocycles. The van der Waals surface area contributed by atoms with Crippen molar-refractivity contribution in [3.8, 4) is 0 Å². The molecule has 2 rings (SSSR count). The topological polar surface area (TPSA) is 57.7 Å². The van der Waals surface area contributed by atoms with Crippen molar-refractivity contribution in [1.82, 2.24) is 4.90 Å². The van der Waals surface area contributed by atoms with Gasteiger partial charge in [0.25, 0.3) is 5.91 Å². The molecule has 0 saturated carbocycles. The van der Waals surface area contributed by atoms with Crippen LogP contribution in [0.4, 0.5) is 45.6 Å². The van der Waals surface area contributed by atoms with E-state index in [-0.39, 0.29) is 4.90 Å². The molecule has 0 atom stereocenters. The number of hydrogen-bond acceptors (Lipinski definition) is 4. The number of thioether (sulfide) groups is 1. The Balaban J connectivity index is 2.25. The molecule has 5 nitrogen and oxygen atoms in total. The summed E-state index contributed by atoms with van der Waals surface area (Å²) in [5.74, 6) is -8.63. The first-order valence-corrected chi connectivity index (χ1v) is 9.37. The van der Waals surface area contributed by atoms with Crippen LogP contribution >= 0.6 is 11.8 Å². The zero-order chi connectivity index (χ0) is 25.3. The summed E-state index contributed by atoms with van der Waals surface area (Å²) in [4.78, 5) is 35.6. The largest absolute Gasteiger partial charge is 0.457 e. The highest BCUT2D eigenvalue weighted by Crippen LogP contribution is 2.41. The molecule has 0 radical (unpaired) electrons. The minimum Gasteiger partial charge on any atom is -0.294 e. The van der Waals surface area contributed by atoms with E-state index in [9.17, 15) is 49.5 Å². The van der Waals surface area contributed by atoms with Gasteiger partial charge in [0, 0.05) is 19.0 Å². The maximum Gasteiger partial charge on any atom is 0.457 e. The van der Waals surface area contributed by atoms with Gasteiger partial charge in [0.2, 0.25) is 0 Å². The molecule has 0 aliphatic carbocycles. The van der Waals surface area contributed by atoms with E-state index in [1.54, 1.807) is 0 Å². The summed E-state index contributed by atoms with van der Waals surface area (Å²) in [6, 6.07) is 3.03. The number of carbonyl (C=O) groups is 3. The number of Topliss-reactive ketones (excluding diaryl/α,β-unsaturated/α-hetero) is 1. The average Bonchev–Trinajstić information content (AvgIpc) is 2.70. The van der Waals surface area contributed by atoms with Gasteiger partial charge >= 0.3 is 23.2 Å². The predicted octanol–water partition coefficient (Wildman–Crippen LogP) is 5.25. The van der Waals surface area contributed by atoms with Crippen LogP contribution in [0, 0.1) is 17.5 Å². The van der Waals surface area contributed by atoms with Crippen LogP contribution in [0.3, 0.4) is 0 Å². The number of amides is 3. The Labute approximate surface area is 184 Å². The molecule has 0 N–H and O–H groups in total. The van der Waals surface area contributed by atoms with Gasteiger partial charge in [0.1, 0.15) is 23.0 Å². The fraction of sp³-hybridized carbons (Fsp3) is 0.211. The van der Waals surface area contributed by atoms with Crippen LogP contribution in [0.15, 0.2) is 41.3 Å². The number of hydrogen-bond donors (Lipinski definition) is 0. The number of rotatable bonds is 5. The van der Waals surface area contributed by atoms with Gasteiger partial charge < -0.3 is 0 Å². The number of imide groups is 1. The second-order valence-electron chi connectivity index (χ2n) is 6.36. The predicted molar refractivity (Wildman–Crippen MR) is 101 cm³/mol. The Morgan fingerprint density at radius 1 is 0.848 bits per heavy atom. The highest BCUT2D eigenvalue weighted by molar-refractivity contribution is 8.01. The molecule has 0 heterocycles. The molecule has 0 fully saturated rings. The van der Waals surface area contributed by atoms with Crippen molar-refractivity contribution in [2.24, 2.45) is 0 Å². The Morgan fingerprint density at radius 2 is 1.39 bits per heavy atom. The third-order valence-corrected chi connectivity index (χ3v) is 5.03. The molecule has 14 heteroatoms. The number of anilines is 1.